The third-order valence-corrected chi connectivity index (χ3v) is 17.6. The number of aromatic hydroxyl groups is 2. The molecular formula is C70H96N18O17. The van der Waals surface area contributed by atoms with Crippen LogP contribution in [-0.4, -0.2) is 201 Å². The molecule has 10 atom stereocenters. The Hall–Kier alpha value is -11.7. The number of carbonyl (C=O) groups excluding carboxylic acids is 13. The summed E-state index contributed by atoms with van der Waals surface area (Å²) in [6.45, 7) is 2.99. The van der Waals surface area contributed by atoms with Crippen molar-refractivity contribution in [1.82, 2.24) is 68.4 Å². The molecule has 35 nitrogen and oxygen atoms in total. The normalized spacial score (nSPS) is 22.0. The number of phenols is 2. The number of para-hydroxylation sites is 1. The number of allylic oxidation sites excluding steroid dienone is 1. The average Bonchev–Trinajstić information content (AvgIpc) is 0.966. The molecule has 1 aromatic heterocycles. The minimum atomic E-state index is -1.72. The summed E-state index contributed by atoms with van der Waals surface area (Å²) in [5, 5.41) is 67.1. The van der Waals surface area contributed by atoms with E-state index in [4.69, 9.17) is 28.3 Å². The van der Waals surface area contributed by atoms with Gasteiger partial charge in [0.05, 0.1) is 0 Å². The van der Waals surface area contributed by atoms with Crippen LogP contribution in [0.25, 0.3) is 10.9 Å². The molecule has 0 radical (unpaired) electrons. The lowest BCUT2D eigenvalue weighted by Crippen LogP contribution is -2.61. The van der Waals surface area contributed by atoms with Crippen LogP contribution in [0.1, 0.15) is 114 Å². The molecule has 0 spiro atoms. The number of benzene rings is 3. The van der Waals surface area contributed by atoms with Gasteiger partial charge in [0, 0.05) is 88.2 Å². The van der Waals surface area contributed by atoms with Crippen molar-refractivity contribution >= 4 is 99.6 Å². The molecule has 568 valence electrons. The molecule has 0 saturated carbocycles. The lowest BCUT2D eigenvalue weighted by atomic mass is 9.99. The lowest BCUT2D eigenvalue weighted by molar-refractivity contribution is -0.139. The van der Waals surface area contributed by atoms with Crippen LogP contribution in [0.3, 0.4) is 0 Å². The number of aliphatic carboxylic acids is 1. The second-order valence-corrected chi connectivity index (χ2v) is 26.0. The van der Waals surface area contributed by atoms with Crippen LogP contribution in [-0.2, 0) is 86.4 Å². The molecule has 1 saturated heterocycles. The molecule has 24 N–H and O–H groups in total. The first-order valence-corrected chi connectivity index (χ1v) is 34.6. The zero-order valence-electron chi connectivity index (χ0n) is 58.5. The molecule has 105 heavy (non-hydrogen) atoms. The molecule has 3 aromatic carbocycles. The number of hydrogen-bond donors (Lipinski definition) is 20. The summed E-state index contributed by atoms with van der Waals surface area (Å²) >= 11 is 0. The second-order valence-electron chi connectivity index (χ2n) is 26.0. The van der Waals surface area contributed by atoms with Gasteiger partial charge in [-0.1, -0.05) is 68.5 Å². The zero-order chi connectivity index (χ0) is 76.9. The summed E-state index contributed by atoms with van der Waals surface area (Å²) in [5.41, 5.74) is 24.5. The van der Waals surface area contributed by atoms with Crippen molar-refractivity contribution in [3.63, 3.8) is 0 Å². The van der Waals surface area contributed by atoms with Gasteiger partial charge in [-0.15, -0.1) is 0 Å². The Morgan fingerprint density at radius 3 is 1.90 bits per heavy atom. The average molecular weight is 1460 g/mol. The van der Waals surface area contributed by atoms with Crippen molar-refractivity contribution in [2.45, 2.75) is 177 Å². The van der Waals surface area contributed by atoms with Crippen molar-refractivity contribution in [2.75, 3.05) is 26.2 Å². The van der Waals surface area contributed by atoms with E-state index in [2.05, 4.69) is 63.5 Å². The predicted molar refractivity (Wildman–Crippen MR) is 381 cm³/mol. The number of carbonyl (C=O) groups is 14. The van der Waals surface area contributed by atoms with Gasteiger partial charge in [0.15, 0.2) is 5.96 Å². The van der Waals surface area contributed by atoms with Gasteiger partial charge in [-0.25, -0.2) is 0 Å². The van der Waals surface area contributed by atoms with Gasteiger partial charge in [-0.05, 0) is 111 Å². The SMILES string of the molecule is CC(C)[C@@H]1NC(=O)[C@@H](NC(=O)[C@H](Cc2ccc(O)cc2)NC(=O)[C@@H]2CCCN2C(=O)CCN)CC=CCC[C@@H](C(N)=O)NC(=O)[C@H](CCC(=O)O)NC(=O)[C@H](Cc2c[nH]c3ccccc23)NC(=O)[C@H](CCC(N)=O)NC(=O)CCNC(=O)[C@H](CCCNC(=N)N)NC(=O)[C@@H](Cc2ccc(O)cc2)NC1=O. The molecule has 0 aliphatic carbocycles. The maximum atomic E-state index is 15.0. The van der Waals surface area contributed by atoms with E-state index >= 15 is 0 Å². The number of H-pyrrole nitrogens is 1. The van der Waals surface area contributed by atoms with Gasteiger partial charge < -0.3 is 107 Å². The number of primary amides is 2. The van der Waals surface area contributed by atoms with Crippen molar-refractivity contribution in [2.24, 2.45) is 28.9 Å². The van der Waals surface area contributed by atoms with Crippen LogP contribution < -0.4 is 81.4 Å². The molecule has 0 unspecified atom stereocenters. The standard InChI is InChI=1S/C70H96N18O17/c1-38(2)59-69(105)86-52(35-40-18-22-43(90)23-19-40)66(102)81-47(14-8-31-77-70(74)75)61(97)76-32-29-56(92)79-49(24-26-55(72)91)62(98)84-53(36-41-37-78-45-11-7-6-10-44(41)45)67(103)83-50(25-27-58(94)95)63(99)80-46(60(73)96)12-4-3-5-13-48(64(100)87-59)82-65(101)51(34-39-16-20-42(89)21-17-39)85-68(104)54-15-9-33-88(54)57(93)28-30-71/h3,5-7,10-11,16-23,37-38,46-54,59,78,89-90H,4,8-9,12-15,24-36,71H2,1-2H3,(H2,72,91)(H2,73,96)(H,76,97)(H,79,92)(H,80,99)(H,81,102)(H,82,101)(H,83,103)(H,84,98)(H,85,104)(H,86,105)(H,87,100)(H,94,95)(H4,74,75,77)/t46-,47-,48-,49-,50-,51-,52+,53-,54-,59-/m0/s1. The number of phenolic OH excluding ortho intramolecular Hbond substituents is 2. The van der Waals surface area contributed by atoms with Gasteiger partial charge in [0.1, 0.15) is 71.9 Å². The minimum absolute atomic E-state index is 0.0135. The summed E-state index contributed by atoms with van der Waals surface area (Å²) in [6, 6.07) is 3.24. The summed E-state index contributed by atoms with van der Waals surface area (Å²) in [5.74, 6) is -14.5. The smallest absolute Gasteiger partial charge is 0.303 e. The molecule has 2 aliphatic rings. The first kappa shape index (κ1) is 82.3. The highest BCUT2D eigenvalue weighted by molar-refractivity contribution is 5.99. The number of likely N-dealkylation sites (tertiary alicyclic amines) is 1. The van der Waals surface area contributed by atoms with Crippen molar-refractivity contribution in [3.8, 4) is 11.5 Å². The highest BCUT2D eigenvalue weighted by atomic mass is 16.4. The first-order chi connectivity index (χ1) is 50.0. The molecule has 0 bridgehead atoms. The van der Waals surface area contributed by atoms with Gasteiger partial charge in [-0.2, -0.15) is 0 Å². The Morgan fingerprint density at radius 2 is 1.26 bits per heavy atom. The van der Waals surface area contributed by atoms with Crippen LogP contribution in [0.15, 0.2) is 91.1 Å². The summed E-state index contributed by atoms with van der Waals surface area (Å²) < 4.78 is 0. The Labute approximate surface area is 604 Å². The Bertz CT molecular complexity index is 3790. The first-order valence-electron chi connectivity index (χ1n) is 34.6. The fourth-order valence-electron chi connectivity index (χ4n) is 11.9. The number of hydrogen-bond acceptors (Lipinski definition) is 18. The number of fused-ring (bicyclic) bond motifs is 1. The molecule has 35 heteroatoms. The highest BCUT2D eigenvalue weighted by Crippen LogP contribution is 2.23. The Kier molecular flexibility index (Phi) is 32.0. The maximum absolute atomic E-state index is 15.0. The van der Waals surface area contributed by atoms with Crippen molar-refractivity contribution < 1.29 is 82.4 Å². The molecule has 4 aromatic rings. The number of nitrogens with two attached hydrogens (primary N) is 4. The molecule has 6 rings (SSSR count). The van der Waals surface area contributed by atoms with E-state index in [9.17, 15) is 82.4 Å². The summed E-state index contributed by atoms with van der Waals surface area (Å²) in [4.78, 5) is 200. The summed E-state index contributed by atoms with van der Waals surface area (Å²) in [7, 11) is 0. The largest absolute Gasteiger partial charge is 0.508 e. The van der Waals surface area contributed by atoms with Gasteiger partial charge in [-0.3, -0.25) is 72.5 Å². The number of nitrogens with zero attached hydrogens (tertiary/aromatic N) is 1. The van der Waals surface area contributed by atoms with Crippen LogP contribution in [0.4, 0.5) is 0 Å². The fraction of sp³-hybridized carbons (Fsp3) is 0.471. The fourth-order valence-corrected chi connectivity index (χ4v) is 11.9. The quantitative estimate of drug-likeness (QED) is 0.0145. The van der Waals surface area contributed by atoms with Gasteiger partial charge >= 0.3 is 5.97 Å². The van der Waals surface area contributed by atoms with Crippen LogP contribution in [0.5, 0.6) is 11.5 Å². The van der Waals surface area contributed by atoms with Crippen molar-refractivity contribution in [3.05, 3.63) is 108 Å². The number of carboxylic acid groups (broad SMARTS) is 1. The highest BCUT2D eigenvalue weighted by Gasteiger charge is 2.39. The predicted octanol–water partition coefficient (Wildman–Crippen LogP) is -2.91. The molecular weight excluding hydrogens is 1360 g/mol. The van der Waals surface area contributed by atoms with E-state index in [-0.39, 0.29) is 101 Å². The zero-order valence-corrected chi connectivity index (χ0v) is 58.5. The van der Waals surface area contributed by atoms with Gasteiger partial charge in [0.2, 0.25) is 76.8 Å². The number of carboxylic acids is 1. The number of amides is 13. The summed E-state index contributed by atoms with van der Waals surface area (Å²) in [6.07, 6.45) is 0.862. The van der Waals surface area contributed by atoms with Crippen molar-refractivity contribution in [1.29, 1.82) is 5.41 Å². The third-order valence-electron chi connectivity index (χ3n) is 17.6. The number of aromatic nitrogens is 1. The van der Waals surface area contributed by atoms with Crippen LogP contribution >= 0.6 is 0 Å². The van der Waals surface area contributed by atoms with E-state index in [0.717, 1.165) is 0 Å². The number of aromatic amines is 1. The third kappa shape index (κ3) is 26.6. The van der Waals surface area contributed by atoms with E-state index < -0.39 is 188 Å². The number of guanidine groups is 1. The Morgan fingerprint density at radius 1 is 0.657 bits per heavy atom. The monoisotopic (exact) mass is 1460 g/mol. The van der Waals surface area contributed by atoms with Crippen LogP contribution in [0, 0.1) is 11.3 Å². The number of rotatable bonds is 24. The van der Waals surface area contributed by atoms with E-state index in [0.29, 0.717) is 34.0 Å². The van der Waals surface area contributed by atoms with Gasteiger partial charge in [0.25, 0.3) is 0 Å². The van der Waals surface area contributed by atoms with E-state index in [1.54, 1.807) is 44.3 Å². The van der Waals surface area contributed by atoms with E-state index in [1.165, 1.54) is 65.6 Å². The molecule has 3 heterocycles. The lowest BCUT2D eigenvalue weighted by Gasteiger charge is -2.29. The van der Waals surface area contributed by atoms with E-state index in [1.807, 2.05) is 0 Å². The molecule has 2 aliphatic heterocycles. The second kappa shape index (κ2) is 40.9. The minimum Gasteiger partial charge on any atom is -0.508 e. The number of nitrogens with one attached hydrogen (secondary N) is 13. The topological polar surface area (TPSA) is 579 Å². The molecule has 13 amide bonds. The Balaban J connectivity index is 1.41. The maximum Gasteiger partial charge on any atom is 0.303 e. The van der Waals surface area contributed by atoms with Crippen LogP contribution in [0.2, 0.25) is 0 Å². The molecule has 1 fully saturated rings.